The van der Waals surface area contributed by atoms with Gasteiger partial charge >= 0.3 is 1.43 Å². The predicted octanol–water partition coefficient (Wildman–Crippen LogP) is -2.72. The topological polar surface area (TPSA) is 20.2 Å². The minimum absolute atomic E-state index is 0. The van der Waals surface area contributed by atoms with Gasteiger partial charge in [-0.2, -0.15) is 0 Å². The molecule has 0 spiro atoms. The van der Waals surface area contributed by atoms with Crippen molar-refractivity contribution in [2.45, 2.75) is 0 Å². The summed E-state index contributed by atoms with van der Waals surface area (Å²) in [5.41, 5.74) is 0. The summed E-state index contributed by atoms with van der Waals surface area (Å²) in [6, 6.07) is 0. The predicted molar refractivity (Wildman–Crippen MR) is 18.4 cm³/mol. The average molecular weight is 94.5 g/mol. The molecule has 0 rings (SSSR count). The normalized spacial score (nSPS) is 5.00. The molecule has 1 N–H and O–H groups in total. The van der Waals surface area contributed by atoms with Gasteiger partial charge in [-0.25, -0.2) is 0 Å². The van der Waals surface area contributed by atoms with E-state index in [4.69, 9.17) is 5.11 Å². The van der Waals surface area contributed by atoms with Crippen molar-refractivity contribution in [1.29, 1.82) is 0 Å². The van der Waals surface area contributed by atoms with Crippen molar-refractivity contribution in [3.05, 3.63) is 12.7 Å². The molecule has 0 saturated heterocycles. The van der Waals surface area contributed by atoms with Gasteiger partial charge in [-0.1, -0.05) is 6.08 Å². The van der Waals surface area contributed by atoms with Gasteiger partial charge in [0, 0.05) is 0 Å². The summed E-state index contributed by atoms with van der Waals surface area (Å²) in [5.74, 6) is 0. The SMILES string of the molecule is C=CCO.[Cl-].[H+]. The largest absolute Gasteiger partial charge is 1.00 e. The molecule has 5 heavy (non-hydrogen) atoms. The Bertz CT molecular complexity index is 24.8. The highest BCUT2D eigenvalue weighted by molar-refractivity contribution is 4.60. The highest BCUT2D eigenvalue weighted by Gasteiger charge is 1.45. The van der Waals surface area contributed by atoms with Crippen LogP contribution in [-0.2, 0) is 0 Å². The van der Waals surface area contributed by atoms with Crippen LogP contribution in [0, 0.1) is 0 Å². The molecule has 0 heterocycles. The van der Waals surface area contributed by atoms with Gasteiger partial charge in [-0.3, -0.25) is 0 Å². The molecule has 0 aromatic heterocycles. The Morgan fingerprint density at radius 2 is 2.20 bits per heavy atom. The molecule has 0 unspecified atom stereocenters. The molecule has 2 heteroatoms. The van der Waals surface area contributed by atoms with Crippen LogP contribution in [0.1, 0.15) is 1.43 Å². The lowest BCUT2D eigenvalue weighted by molar-refractivity contribution is -0.00000185. The van der Waals surface area contributed by atoms with Crippen LogP contribution in [0.4, 0.5) is 0 Å². The quantitative estimate of drug-likeness (QED) is 0.350. The Balaban J connectivity index is -0.0000000450. The number of aliphatic hydroxyl groups is 1. The second-order valence-corrected chi connectivity index (χ2v) is 0.471. The third-order valence-corrected chi connectivity index (χ3v) is 0.129. The van der Waals surface area contributed by atoms with Crippen molar-refractivity contribution in [3.63, 3.8) is 0 Å². The third-order valence-electron chi connectivity index (χ3n) is 0.129. The maximum absolute atomic E-state index is 7.76. The van der Waals surface area contributed by atoms with E-state index in [2.05, 4.69) is 6.58 Å². The molecule has 0 aliphatic heterocycles. The van der Waals surface area contributed by atoms with Gasteiger partial charge in [0.25, 0.3) is 0 Å². The van der Waals surface area contributed by atoms with E-state index < -0.39 is 0 Å². The van der Waals surface area contributed by atoms with Crippen LogP contribution >= 0.6 is 0 Å². The van der Waals surface area contributed by atoms with E-state index in [1.807, 2.05) is 0 Å². The summed E-state index contributed by atoms with van der Waals surface area (Å²) in [5, 5.41) is 7.76. The third kappa shape index (κ3) is 16.1. The molecule has 0 saturated carbocycles. The van der Waals surface area contributed by atoms with Gasteiger partial charge in [-0.05, 0) is 0 Å². The van der Waals surface area contributed by atoms with E-state index in [9.17, 15) is 0 Å². The van der Waals surface area contributed by atoms with Crippen LogP contribution in [0.5, 0.6) is 0 Å². The fourth-order valence-corrected chi connectivity index (χ4v) is 0. The smallest absolute Gasteiger partial charge is 1.00 e. The molecule has 0 aromatic rings. The van der Waals surface area contributed by atoms with Gasteiger partial charge in [0.1, 0.15) is 0 Å². The number of rotatable bonds is 1. The van der Waals surface area contributed by atoms with E-state index in [1.165, 1.54) is 6.08 Å². The molecule has 0 bridgehead atoms. The molecular weight excluding hydrogens is 87.5 g/mol. The van der Waals surface area contributed by atoms with E-state index in [0.29, 0.717) is 0 Å². The summed E-state index contributed by atoms with van der Waals surface area (Å²) in [4.78, 5) is 0. The van der Waals surface area contributed by atoms with E-state index in [1.54, 1.807) is 0 Å². The number of hydrogen-bond acceptors (Lipinski definition) is 1. The molecule has 0 aliphatic carbocycles. The maximum Gasteiger partial charge on any atom is 1.00 e. The van der Waals surface area contributed by atoms with Crippen molar-refractivity contribution < 1.29 is 18.9 Å². The molecule has 0 amide bonds. The number of aliphatic hydroxyl groups excluding tert-OH is 1. The Labute approximate surface area is 39.2 Å². The average Bonchev–Trinajstić information content (AvgIpc) is 1.37. The Kier molecular flexibility index (Phi) is 16.0. The first-order chi connectivity index (χ1) is 1.91. The van der Waals surface area contributed by atoms with Crippen molar-refractivity contribution in [3.8, 4) is 0 Å². The van der Waals surface area contributed by atoms with Crippen molar-refractivity contribution >= 4 is 0 Å². The zero-order chi connectivity index (χ0) is 3.41. The van der Waals surface area contributed by atoms with Crippen molar-refractivity contribution in [2.24, 2.45) is 0 Å². The molecule has 0 aliphatic rings. The summed E-state index contributed by atoms with van der Waals surface area (Å²) in [6.45, 7) is 3.31. The summed E-state index contributed by atoms with van der Waals surface area (Å²) in [7, 11) is 0. The zero-order valence-electron chi connectivity index (χ0n) is 3.82. The van der Waals surface area contributed by atoms with Gasteiger partial charge < -0.3 is 17.5 Å². The van der Waals surface area contributed by atoms with Gasteiger partial charge in [0.2, 0.25) is 0 Å². The van der Waals surface area contributed by atoms with Gasteiger partial charge in [-0.15, -0.1) is 6.58 Å². The Hall–Kier alpha value is -0.0100. The minimum Gasteiger partial charge on any atom is -1.00 e. The Morgan fingerprint density at radius 3 is 2.20 bits per heavy atom. The highest BCUT2D eigenvalue weighted by atomic mass is 35.5. The maximum atomic E-state index is 7.76. The minimum atomic E-state index is 0. The fourth-order valence-electron chi connectivity index (χ4n) is 0. The standard InChI is InChI=1S/C3H6O.ClH/c1-2-3-4;/h2,4H,1,3H2;1H. The van der Waals surface area contributed by atoms with Crippen LogP contribution in [0.15, 0.2) is 12.7 Å². The molecule has 0 fully saturated rings. The van der Waals surface area contributed by atoms with Crippen LogP contribution < -0.4 is 12.4 Å². The fraction of sp³-hybridized carbons (Fsp3) is 0.333. The van der Waals surface area contributed by atoms with Crippen LogP contribution in [-0.4, -0.2) is 11.7 Å². The lowest BCUT2D eigenvalue weighted by Gasteiger charge is -1.60. The van der Waals surface area contributed by atoms with Crippen LogP contribution in [0.2, 0.25) is 0 Å². The lowest BCUT2D eigenvalue weighted by atomic mass is 10.7. The Morgan fingerprint density at radius 1 is 2.00 bits per heavy atom. The molecule has 32 valence electrons. The molecular formula is C3H7ClO. The summed E-state index contributed by atoms with van der Waals surface area (Å²) < 4.78 is 0. The van der Waals surface area contributed by atoms with Crippen molar-refractivity contribution in [1.82, 2.24) is 0 Å². The van der Waals surface area contributed by atoms with Crippen LogP contribution in [0.3, 0.4) is 0 Å². The molecule has 0 atom stereocenters. The van der Waals surface area contributed by atoms with E-state index in [-0.39, 0.29) is 20.4 Å². The van der Waals surface area contributed by atoms with Gasteiger partial charge in [0.05, 0.1) is 6.61 Å². The van der Waals surface area contributed by atoms with E-state index >= 15 is 0 Å². The first kappa shape index (κ1) is 8.89. The van der Waals surface area contributed by atoms with Crippen molar-refractivity contribution in [2.75, 3.05) is 6.61 Å². The second-order valence-electron chi connectivity index (χ2n) is 0.471. The van der Waals surface area contributed by atoms with Crippen LogP contribution in [0.25, 0.3) is 0 Å². The molecule has 0 aromatic carbocycles. The van der Waals surface area contributed by atoms with Gasteiger partial charge in [0.15, 0.2) is 0 Å². The molecule has 0 radical (unpaired) electrons. The lowest BCUT2D eigenvalue weighted by Crippen LogP contribution is -3.00. The summed E-state index contributed by atoms with van der Waals surface area (Å²) in [6.07, 6.45) is 1.43. The highest BCUT2D eigenvalue weighted by Crippen LogP contribution is 1.46. The zero-order valence-corrected chi connectivity index (χ0v) is 3.57. The first-order valence-electron chi connectivity index (χ1n) is 1.13. The number of hydrogen-bond donors (Lipinski definition) is 1. The second kappa shape index (κ2) is 9.01. The molecule has 1 nitrogen and oxygen atoms in total. The monoisotopic (exact) mass is 94.0 g/mol. The summed E-state index contributed by atoms with van der Waals surface area (Å²) >= 11 is 0. The number of halogens is 1. The van der Waals surface area contributed by atoms with E-state index in [0.717, 1.165) is 0 Å². The first-order valence-corrected chi connectivity index (χ1v) is 1.13.